The summed E-state index contributed by atoms with van der Waals surface area (Å²) in [6, 6.07) is -0.00502. The number of carboxylic acid groups (broad SMARTS) is 2. The fourth-order valence-electron chi connectivity index (χ4n) is 2.70. The molecule has 1 fully saturated rings. The van der Waals surface area contributed by atoms with Crippen LogP contribution >= 0.6 is 11.8 Å². The zero-order chi connectivity index (χ0) is 16.8. The van der Waals surface area contributed by atoms with Gasteiger partial charge < -0.3 is 15.5 Å². The third-order valence-electron chi connectivity index (χ3n) is 3.81. The van der Waals surface area contributed by atoms with Crippen LogP contribution in [0.1, 0.15) is 33.1 Å². The average molecular weight is 333 g/mol. The molecular formula is C14H25N2O5S+. The summed E-state index contributed by atoms with van der Waals surface area (Å²) < 4.78 is 0.666. The monoisotopic (exact) mass is 333 g/mol. The van der Waals surface area contributed by atoms with Crippen molar-refractivity contribution in [2.24, 2.45) is 5.92 Å². The van der Waals surface area contributed by atoms with Crippen LogP contribution in [-0.4, -0.2) is 63.1 Å². The smallest absolute Gasteiger partial charge is 0.382 e. The van der Waals surface area contributed by atoms with E-state index in [-0.39, 0.29) is 24.9 Å². The van der Waals surface area contributed by atoms with Crippen molar-refractivity contribution in [2.75, 3.05) is 24.6 Å². The van der Waals surface area contributed by atoms with Gasteiger partial charge in [0.2, 0.25) is 0 Å². The third kappa shape index (κ3) is 5.24. The molecule has 0 saturated carbocycles. The van der Waals surface area contributed by atoms with E-state index < -0.39 is 17.5 Å². The molecule has 0 radical (unpaired) electrons. The van der Waals surface area contributed by atoms with Crippen LogP contribution in [0.2, 0.25) is 0 Å². The maximum Gasteiger partial charge on any atom is 0.382 e. The van der Waals surface area contributed by atoms with Gasteiger partial charge in [0.05, 0.1) is 12.3 Å². The van der Waals surface area contributed by atoms with Crippen LogP contribution in [0.25, 0.3) is 0 Å². The lowest BCUT2D eigenvalue weighted by atomic mass is 9.96. The molecule has 0 aromatic heterocycles. The van der Waals surface area contributed by atoms with Crippen molar-refractivity contribution < 1.29 is 24.6 Å². The minimum atomic E-state index is -1.38. The maximum atomic E-state index is 11.9. The molecule has 0 bridgehead atoms. The fraction of sp³-hybridized carbons (Fsp3) is 0.857. The molecule has 0 aliphatic carbocycles. The number of rotatable bonds is 10. The Morgan fingerprint density at radius 2 is 2.05 bits per heavy atom. The highest BCUT2D eigenvalue weighted by molar-refractivity contribution is 7.99. The first-order valence-corrected chi connectivity index (χ1v) is 8.64. The first-order valence-electron chi connectivity index (χ1n) is 7.49. The molecule has 1 aliphatic rings. The third-order valence-corrected chi connectivity index (χ3v) is 4.90. The second kappa shape index (κ2) is 8.47. The Kier molecular flexibility index (Phi) is 7.28. The minimum absolute atomic E-state index is 0.00502. The molecule has 1 heterocycles. The van der Waals surface area contributed by atoms with E-state index in [1.807, 2.05) is 0 Å². The SMILES string of the molecule is CC(C)C[C@@H](CSCC(=O)O)NC[C@@]1(C(=O)O)CCC[N+]1=O. The van der Waals surface area contributed by atoms with Crippen molar-refractivity contribution in [2.45, 2.75) is 44.7 Å². The summed E-state index contributed by atoms with van der Waals surface area (Å²) in [4.78, 5) is 34.0. The average Bonchev–Trinajstić information content (AvgIpc) is 2.77. The van der Waals surface area contributed by atoms with Crippen LogP contribution in [0.15, 0.2) is 0 Å². The van der Waals surface area contributed by atoms with Gasteiger partial charge in [0.1, 0.15) is 0 Å². The van der Waals surface area contributed by atoms with Crippen molar-refractivity contribution in [3.63, 3.8) is 0 Å². The van der Waals surface area contributed by atoms with Crippen molar-refractivity contribution in [1.82, 2.24) is 5.32 Å². The summed E-state index contributed by atoms with van der Waals surface area (Å²) >= 11 is 1.30. The molecule has 0 aromatic carbocycles. The molecule has 1 saturated heterocycles. The van der Waals surface area contributed by atoms with Crippen molar-refractivity contribution in [1.29, 1.82) is 0 Å². The highest BCUT2D eigenvalue weighted by atomic mass is 32.2. The molecule has 0 aromatic rings. The molecule has 1 aliphatic heterocycles. The number of hydrogen-bond acceptors (Lipinski definition) is 5. The van der Waals surface area contributed by atoms with Gasteiger partial charge in [-0.25, -0.2) is 4.79 Å². The van der Waals surface area contributed by atoms with Gasteiger partial charge in [-0.05, 0) is 12.3 Å². The Hall–Kier alpha value is -1.15. The number of aliphatic carboxylic acids is 2. The van der Waals surface area contributed by atoms with Crippen LogP contribution in [0.3, 0.4) is 0 Å². The zero-order valence-electron chi connectivity index (χ0n) is 13.1. The van der Waals surface area contributed by atoms with Crippen LogP contribution in [0.5, 0.6) is 0 Å². The molecule has 2 atom stereocenters. The van der Waals surface area contributed by atoms with E-state index in [1.165, 1.54) is 11.8 Å². The Bertz CT molecular complexity index is 429. The van der Waals surface area contributed by atoms with E-state index in [9.17, 15) is 19.6 Å². The number of hydrogen-bond donors (Lipinski definition) is 3. The number of nitroso groups, excluding NO2 is 1. The van der Waals surface area contributed by atoms with E-state index in [1.54, 1.807) is 0 Å². The zero-order valence-corrected chi connectivity index (χ0v) is 13.9. The molecule has 0 unspecified atom stereocenters. The molecular weight excluding hydrogens is 308 g/mol. The van der Waals surface area contributed by atoms with E-state index in [2.05, 4.69) is 19.2 Å². The lowest BCUT2D eigenvalue weighted by Gasteiger charge is -2.23. The lowest BCUT2D eigenvalue weighted by Crippen LogP contribution is -2.54. The molecule has 0 spiro atoms. The summed E-state index contributed by atoms with van der Waals surface area (Å²) in [7, 11) is 0. The van der Waals surface area contributed by atoms with Crippen LogP contribution in [0.4, 0.5) is 0 Å². The van der Waals surface area contributed by atoms with Crippen molar-refractivity contribution in [3.05, 3.63) is 4.91 Å². The quantitative estimate of drug-likeness (QED) is 0.516. The Labute approximate surface area is 134 Å². The van der Waals surface area contributed by atoms with Gasteiger partial charge in [-0.2, -0.15) is 0 Å². The van der Waals surface area contributed by atoms with Gasteiger partial charge in [0.25, 0.3) is 0 Å². The number of carbonyl (C=O) groups is 2. The molecule has 22 heavy (non-hydrogen) atoms. The lowest BCUT2D eigenvalue weighted by molar-refractivity contribution is -0.590. The highest BCUT2D eigenvalue weighted by Crippen LogP contribution is 2.25. The van der Waals surface area contributed by atoms with E-state index in [0.717, 1.165) is 6.42 Å². The topological polar surface area (TPSA) is 107 Å². The number of carboxylic acids is 2. The number of nitrogens with zero attached hydrogens (tertiary/aromatic N) is 1. The largest absolute Gasteiger partial charge is 0.481 e. The van der Waals surface area contributed by atoms with E-state index >= 15 is 0 Å². The summed E-state index contributed by atoms with van der Waals surface area (Å²) in [5.74, 6) is -0.950. The highest BCUT2D eigenvalue weighted by Gasteiger charge is 2.56. The molecule has 8 heteroatoms. The summed E-state index contributed by atoms with van der Waals surface area (Å²) in [6.45, 7) is 4.45. The Morgan fingerprint density at radius 1 is 1.36 bits per heavy atom. The van der Waals surface area contributed by atoms with Gasteiger partial charge in [0, 0.05) is 34.3 Å². The van der Waals surface area contributed by atoms with Crippen LogP contribution in [0, 0.1) is 10.8 Å². The van der Waals surface area contributed by atoms with Crippen LogP contribution in [-0.2, 0) is 9.59 Å². The van der Waals surface area contributed by atoms with E-state index in [4.69, 9.17) is 5.11 Å². The summed E-state index contributed by atoms with van der Waals surface area (Å²) in [5, 5.41) is 21.3. The van der Waals surface area contributed by atoms with Crippen molar-refractivity contribution >= 4 is 23.7 Å². The predicted molar refractivity (Wildman–Crippen MR) is 84.3 cm³/mol. The Morgan fingerprint density at radius 3 is 2.50 bits per heavy atom. The van der Waals surface area contributed by atoms with Crippen molar-refractivity contribution in [3.8, 4) is 0 Å². The van der Waals surface area contributed by atoms with E-state index in [0.29, 0.717) is 29.3 Å². The number of thioether (sulfide) groups is 1. The van der Waals surface area contributed by atoms with Gasteiger partial charge in [0.15, 0.2) is 6.54 Å². The second-order valence-electron chi connectivity index (χ2n) is 6.16. The minimum Gasteiger partial charge on any atom is -0.481 e. The molecule has 1 rings (SSSR count). The fourth-order valence-corrected chi connectivity index (χ4v) is 3.53. The van der Waals surface area contributed by atoms with Gasteiger partial charge >= 0.3 is 17.5 Å². The normalized spacial score (nSPS) is 23.0. The van der Waals surface area contributed by atoms with Gasteiger partial charge in [-0.3, -0.25) is 4.79 Å². The Balaban J connectivity index is 2.62. The molecule has 0 amide bonds. The first kappa shape index (κ1) is 18.9. The molecule has 3 N–H and O–H groups in total. The summed E-state index contributed by atoms with van der Waals surface area (Å²) in [6.07, 6.45) is 1.73. The summed E-state index contributed by atoms with van der Waals surface area (Å²) in [5.41, 5.74) is -1.38. The maximum absolute atomic E-state index is 11.9. The number of nitrogens with one attached hydrogen (secondary N) is 1. The van der Waals surface area contributed by atoms with Gasteiger partial charge in [-0.1, -0.05) is 13.8 Å². The molecule has 126 valence electrons. The predicted octanol–water partition coefficient (Wildman–Crippen LogP) is 1.20. The molecule has 7 nitrogen and oxygen atoms in total. The first-order chi connectivity index (χ1) is 10.3. The standard InChI is InChI=1S/C14H24N2O5S/c1-10(2)6-11(7-22-8-12(17)18)15-9-14(13(19)20)4-3-5-16(14)21/h10-11,15H,3-9H2,1-2H3,(H-,17,18,19,20)/p+1/t11-,14+/m0/s1. The van der Waals surface area contributed by atoms with Crippen LogP contribution < -0.4 is 5.32 Å². The van der Waals surface area contributed by atoms with Gasteiger partial charge in [-0.15, -0.1) is 11.8 Å². The second-order valence-corrected chi connectivity index (χ2v) is 7.19.